The van der Waals surface area contributed by atoms with Gasteiger partial charge in [0, 0.05) is 30.2 Å². The van der Waals surface area contributed by atoms with Crippen LogP contribution in [0.3, 0.4) is 0 Å². The quantitative estimate of drug-likeness (QED) is 0.541. The molecule has 4 rings (SSSR count). The molecule has 1 fully saturated rings. The Kier molecular flexibility index (Phi) is 7.14. The summed E-state index contributed by atoms with van der Waals surface area (Å²) in [5, 5.41) is 2.79. The van der Waals surface area contributed by atoms with Gasteiger partial charge < -0.3 is 14.8 Å². The van der Waals surface area contributed by atoms with Crippen molar-refractivity contribution in [1.82, 2.24) is 9.29 Å². The minimum Gasteiger partial charge on any atom is -0.493 e. The highest BCUT2D eigenvalue weighted by atomic mass is 32.2. The Morgan fingerprint density at radius 3 is 2.47 bits per heavy atom. The van der Waals surface area contributed by atoms with Gasteiger partial charge in [-0.05, 0) is 66.9 Å². The number of methoxy groups -OCH3 is 2. The number of benzene rings is 2. The van der Waals surface area contributed by atoms with Crippen LogP contribution >= 0.6 is 0 Å². The van der Waals surface area contributed by atoms with Gasteiger partial charge >= 0.3 is 0 Å². The molecule has 1 aliphatic rings. The molecule has 3 aromatic rings. The van der Waals surface area contributed by atoms with Crippen molar-refractivity contribution >= 4 is 21.6 Å². The highest BCUT2D eigenvalue weighted by Gasteiger charge is 2.34. The average Bonchev–Trinajstić information content (AvgIpc) is 2.89. The van der Waals surface area contributed by atoms with Crippen LogP contribution in [0.2, 0.25) is 0 Å². The predicted octanol–water partition coefficient (Wildman–Crippen LogP) is 4.27. The van der Waals surface area contributed by atoms with Gasteiger partial charge in [0.15, 0.2) is 11.5 Å². The first-order chi connectivity index (χ1) is 16.4. The van der Waals surface area contributed by atoms with Crippen molar-refractivity contribution in [1.29, 1.82) is 0 Å². The molecule has 178 valence electrons. The van der Waals surface area contributed by atoms with Crippen LogP contribution in [-0.2, 0) is 10.0 Å². The molecule has 0 radical (unpaired) electrons. The van der Waals surface area contributed by atoms with E-state index in [2.05, 4.69) is 10.3 Å². The van der Waals surface area contributed by atoms with E-state index in [1.807, 2.05) is 12.1 Å². The van der Waals surface area contributed by atoms with E-state index in [1.54, 1.807) is 47.0 Å². The van der Waals surface area contributed by atoms with Crippen LogP contribution in [0.15, 0.2) is 71.9 Å². The number of ether oxygens (including phenoxy) is 2. The van der Waals surface area contributed by atoms with Crippen LogP contribution in [-0.4, -0.2) is 44.4 Å². The molecule has 1 aliphatic heterocycles. The average molecular weight is 482 g/mol. The summed E-state index contributed by atoms with van der Waals surface area (Å²) in [7, 11) is -0.687. The van der Waals surface area contributed by atoms with E-state index >= 15 is 0 Å². The zero-order valence-electron chi connectivity index (χ0n) is 19.1. The molecule has 1 atom stereocenters. The molecule has 1 saturated heterocycles. The van der Waals surface area contributed by atoms with E-state index < -0.39 is 10.0 Å². The summed E-state index contributed by atoms with van der Waals surface area (Å²) in [6, 6.07) is 14.6. The Hall–Kier alpha value is -3.43. The minimum atomic E-state index is -3.71. The molecule has 2 aromatic carbocycles. The van der Waals surface area contributed by atoms with Crippen LogP contribution in [0.25, 0.3) is 0 Å². The first-order valence-corrected chi connectivity index (χ1v) is 12.4. The number of rotatable bonds is 7. The maximum atomic E-state index is 13.4. The predicted molar refractivity (Wildman–Crippen MR) is 129 cm³/mol. The van der Waals surface area contributed by atoms with Crippen LogP contribution in [0.4, 0.5) is 5.69 Å². The summed E-state index contributed by atoms with van der Waals surface area (Å²) in [6.07, 6.45) is 5.94. The number of nitrogens with one attached hydrogen (secondary N) is 1. The van der Waals surface area contributed by atoms with Crippen LogP contribution < -0.4 is 14.8 Å². The lowest BCUT2D eigenvalue weighted by atomic mass is 9.99. The van der Waals surface area contributed by atoms with Crippen molar-refractivity contribution in [3.05, 3.63) is 78.1 Å². The lowest BCUT2D eigenvalue weighted by Gasteiger charge is -2.34. The maximum Gasteiger partial charge on any atom is 0.255 e. The summed E-state index contributed by atoms with van der Waals surface area (Å²) in [6.45, 7) is 0.458. The maximum absolute atomic E-state index is 13.4. The smallest absolute Gasteiger partial charge is 0.255 e. The first kappa shape index (κ1) is 23.7. The van der Waals surface area contributed by atoms with Gasteiger partial charge in [0.2, 0.25) is 10.0 Å². The van der Waals surface area contributed by atoms with Gasteiger partial charge in [0.1, 0.15) is 0 Å². The number of piperidine rings is 1. The number of sulfonamides is 1. The van der Waals surface area contributed by atoms with E-state index in [0.717, 1.165) is 24.8 Å². The number of aromatic nitrogens is 1. The molecular weight excluding hydrogens is 454 g/mol. The third-order valence-corrected chi connectivity index (χ3v) is 7.81. The number of nitrogens with zero attached hydrogens (tertiary/aromatic N) is 2. The van der Waals surface area contributed by atoms with Gasteiger partial charge in [-0.3, -0.25) is 9.78 Å². The zero-order valence-corrected chi connectivity index (χ0v) is 19.9. The van der Waals surface area contributed by atoms with Crippen molar-refractivity contribution in [2.75, 3.05) is 26.1 Å². The molecule has 34 heavy (non-hydrogen) atoms. The lowest BCUT2D eigenvalue weighted by Crippen LogP contribution is -2.38. The molecule has 9 heteroatoms. The largest absolute Gasteiger partial charge is 0.493 e. The van der Waals surface area contributed by atoms with Crippen LogP contribution in [0.5, 0.6) is 11.5 Å². The molecule has 0 spiro atoms. The highest BCUT2D eigenvalue weighted by Crippen LogP contribution is 2.35. The Labute approximate surface area is 199 Å². The molecule has 1 N–H and O–H groups in total. The number of pyridine rings is 1. The summed E-state index contributed by atoms with van der Waals surface area (Å²) < 4.78 is 38.9. The van der Waals surface area contributed by atoms with E-state index in [1.165, 1.54) is 26.4 Å². The standard InChI is InChI=1S/C25H27N3O5S/c1-32-23-13-8-18(16-24(23)33-2)25(29)27-20-9-11-21(12-10-20)34(30,31)28-15-4-3-7-22(28)19-6-5-14-26-17-19/h5-6,8-14,16-17,22H,3-4,7,15H2,1-2H3,(H,27,29)/t22-/m1/s1. The third-order valence-electron chi connectivity index (χ3n) is 5.89. The molecular formula is C25H27N3O5S. The van der Waals surface area contributed by atoms with E-state index in [9.17, 15) is 13.2 Å². The topological polar surface area (TPSA) is 97.8 Å². The van der Waals surface area contributed by atoms with Crippen molar-refractivity contribution in [3.8, 4) is 11.5 Å². The first-order valence-electron chi connectivity index (χ1n) is 11.0. The normalized spacial score (nSPS) is 16.6. The minimum absolute atomic E-state index is 0.187. The third kappa shape index (κ3) is 4.90. The molecule has 2 heterocycles. The Bertz CT molecular complexity index is 1250. The molecule has 8 nitrogen and oxygen atoms in total. The SMILES string of the molecule is COc1ccc(C(=O)Nc2ccc(S(=O)(=O)N3CCCC[C@@H]3c3cccnc3)cc2)cc1OC. The monoisotopic (exact) mass is 481 g/mol. The van der Waals surface area contributed by atoms with Gasteiger partial charge in [-0.1, -0.05) is 12.5 Å². The Balaban J connectivity index is 1.52. The molecule has 0 bridgehead atoms. The van der Waals surface area contributed by atoms with Crippen LogP contribution in [0, 0.1) is 0 Å². The number of hydrogen-bond acceptors (Lipinski definition) is 6. The number of carbonyl (C=O) groups is 1. The summed E-state index contributed by atoms with van der Waals surface area (Å²) in [4.78, 5) is 17.0. The van der Waals surface area contributed by atoms with Gasteiger partial charge in [-0.15, -0.1) is 0 Å². The van der Waals surface area contributed by atoms with Crippen molar-refractivity contribution in [2.45, 2.75) is 30.2 Å². The number of carbonyl (C=O) groups excluding carboxylic acids is 1. The van der Waals surface area contributed by atoms with E-state index in [0.29, 0.717) is 29.3 Å². The van der Waals surface area contributed by atoms with E-state index in [4.69, 9.17) is 9.47 Å². The second kappa shape index (κ2) is 10.2. The summed E-state index contributed by atoms with van der Waals surface area (Å²) in [5.41, 5.74) is 1.77. The fraction of sp³-hybridized carbons (Fsp3) is 0.280. The Morgan fingerprint density at radius 1 is 1.03 bits per heavy atom. The van der Waals surface area contributed by atoms with Gasteiger partial charge in [0.05, 0.1) is 25.2 Å². The molecule has 0 aliphatic carbocycles. The number of amides is 1. The molecule has 0 unspecified atom stereocenters. The summed E-state index contributed by atoms with van der Waals surface area (Å²) in [5.74, 6) is 0.626. The highest BCUT2D eigenvalue weighted by molar-refractivity contribution is 7.89. The van der Waals surface area contributed by atoms with Crippen molar-refractivity contribution < 1.29 is 22.7 Å². The second-order valence-electron chi connectivity index (χ2n) is 7.96. The molecule has 1 amide bonds. The van der Waals surface area contributed by atoms with Gasteiger partial charge in [0.25, 0.3) is 5.91 Å². The number of hydrogen-bond donors (Lipinski definition) is 1. The van der Waals surface area contributed by atoms with E-state index in [-0.39, 0.29) is 16.8 Å². The fourth-order valence-electron chi connectivity index (χ4n) is 4.13. The van der Waals surface area contributed by atoms with Crippen LogP contribution in [0.1, 0.15) is 41.2 Å². The Morgan fingerprint density at radius 2 is 1.79 bits per heavy atom. The number of anilines is 1. The van der Waals surface area contributed by atoms with Gasteiger partial charge in [-0.25, -0.2) is 8.42 Å². The molecule has 1 aromatic heterocycles. The second-order valence-corrected chi connectivity index (χ2v) is 9.85. The summed E-state index contributed by atoms with van der Waals surface area (Å²) >= 11 is 0. The van der Waals surface area contributed by atoms with Gasteiger partial charge in [-0.2, -0.15) is 4.31 Å². The fourth-order valence-corrected chi connectivity index (χ4v) is 5.81. The zero-order chi connectivity index (χ0) is 24.1. The van der Waals surface area contributed by atoms with Crippen molar-refractivity contribution in [3.63, 3.8) is 0 Å². The van der Waals surface area contributed by atoms with Crippen molar-refractivity contribution in [2.24, 2.45) is 0 Å². The lowest BCUT2D eigenvalue weighted by molar-refractivity contribution is 0.102. The molecule has 0 saturated carbocycles.